The normalized spacial score (nSPS) is 13.6. The summed E-state index contributed by atoms with van der Waals surface area (Å²) in [5.41, 5.74) is 1.17. The standard InChI is InChI=1S/C13H17BrN4/c1-13(2,3)11(14)9-12-15-16-17-18(12)10-7-5-4-6-8-10/h4-8,11H,9H2,1-3H3. The van der Waals surface area contributed by atoms with Crippen LogP contribution in [0.15, 0.2) is 30.3 Å². The van der Waals surface area contributed by atoms with Gasteiger partial charge in [-0.15, -0.1) is 5.10 Å². The molecule has 1 aromatic heterocycles. The first-order chi connectivity index (χ1) is 8.48. The van der Waals surface area contributed by atoms with Crippen molar-refractivity contribution in [2.24, 2.45) is 5.41 Å². The van der Waals surface area contributed by atoms with Gasteiger partial charge in [-0.1, -0.05) is 54.9 Å². The predicted molar refractivity (Wildman–Crippen MR) is 75.0 cm³/mol. The molecule has 96 valence electrons. The Bertz CT molecular complexity index is 501. The van der Waals surface area contributed by atoms with Crippen LogP contribution >= 0.6 is 15.9 Å². The maximum atomic E-state index is 4.12. The van der Waals surface area contributed by atoms with E-state index < -0.39 is 0 Å². The number of para-hydroxylation sites is 1. The lowest BCUT2D eigenvalue weighted by atomic mass is 9.90. The van der Waals surface area contributed by atoms with E-state index in [1.165, 1.54) is 0 Å². The van der Waals surface area contributed by atoms with E-state index in [1.54, 1.807) is 4.68 Å². The monoisotopic (exact) mass is 308 g/mol. The summed E-state index contributed by atoms with van der Waals surface area (Å²) in [5.74, 6) is 0.873. The van der Waals surface area contributed by atoms with Gasteiger partial charge in [-0.2, -0.15) is 4.68 Å². The van der Waals surface area contributed by atoms with Gasteiger partial charge in [0.25, 0.3) is 0 Å². The smallest absolute Gasteiger partial charge is 0.157 e. The van der Waals surface area contributed by atoms with Crippen LogP contribution in [0.5, 0.6) is 0 Å². The van der Waals surface area contributed by atoms with Crippen LogP contribution in [0.2, 0.25) is 0 Å². The minimum Gasteiger partial charge on any atom is -0.197 e. The molecule has 0 N–H and O–H groups in total. The van der Waals surface area contributed by atoms with Crippen molar-refractivity contribution < 1.29 is 0 Å². The van der Waals surface area contributed by atoms with Crippen LogP contribution < -0.4 is 0 Å². The molecular weight excluding hydrogens is 292 g/mol. The molecule has 1 heterocycles. The molecule has 5 heteroatoms. The second-order valence-corrected chi connectivity index (χ2v) is 6.49. The molecule has 18 heavy (non-hydrogen) atoms. The summed E-state index contributed by atoms with van der Waals surface area (Å²) in [6.45, 7) is 6.59. The summed E-state index contributed by atoms with van der Waals surface area (Å²) < 4.78 is 1.79. The summed E-state index contributed by atoms with van der Waals surface area (Å²) in [4.78, 5) is 0.332. The molecule has 0 aliphatic heterocycles. The molecule has 0 saturated heterocycles. The van der Waals surface area contributed by atoms with E-state index in [2.05, 4.69) is 52.2 Å². The Balaban J connectivity index is 2.24. The first kappa shape index (κ1) is 13.2. The van der Waals surface area contributed by atoms with E-state index >= 15 is 0 Å². The van der Waals surface area contributed by atoms with E-state index in [-0.39, 0.29) is 5.41 Å². The zero-order valence-corrected chi connectivity index (χ0v) is 12.4. The molecule has 1 unspecified atom stereocenters. The van der Waals surface area contributed by atoms with E-state index in [0.29, 0.717) is 4.83 Å². The van der Waals surface area contributed by atoms with Gasteiger partial charge in [0.1, 0.15) is 0 Å². The third kappa shape index (κ3) is 2.96. The molecule has 0 amide bonds. The Labute approximate surface area is 116 Å². The highest BCUT2D eigenvalue weighted by atomic mass is 79.9. The second kappa shape index (κ2) is 5.18. The van der Waals surface area contributed by atoms with E-state index in [9.17, 15) is 0 Å². The molecule has 4 nitrogen and oxygen atoms in total. The number of halogens is 1. The average molecular weight is 309 g/mol. The fourth-order valence-corrected chi connectivity index (χ4v) is 1.86. The number of nitrogens with zero attached hydrogens (tertiary/aromatic N) is 4. The van der Waals surface area contributed by atoms with Crippen molar-refractivity contribution in [1.29, 1.82) is 0 Å². The first-order valence-electron chi connectivity index (χ1n) is 5.95. The van der Waals surface area contributed by atoms with Crippen LogP contribution in [0.3, 0.4) is 0 Å². The molecule has 0 radical (unpaired) electrons. The topological polar surface area (TPSA) is 43.6 Å². The predicted octanol–water partition coefficient (Wildman–Crippen LogP) is 3.01. The van der Waals surface area contributed by atoms with Gasteiger partial charge in [0, 0.05) is 11.2 Å². The van der Waals surface area contributed by atoms with Crippen molar-refractivity contribution in [1.82, 2.24) is 20.2 Å². The number of alkyl halides is 1. The van der Waals surface area contributed by atoms with Crippen LogP contribution in [0, 0.1) is 5.41 Å². The highest BCUT2D eigenvalue weighted by molar-refractivity contribution is 9.09. The number of hydrogen-bond acceptors (Lipinski definition) is 3. The van der Waals surface area contributed by atoms with Gasteiger partial charge >= 0.3 is 0 Å². The van der Waals surface area contributed by atoms with E-state index in [0.717, 1.165) is 17.9 Å². The molecule has 0 fully saturated rings. The van der Waals surface area contributed by atoms with Crippen molar-refractivity contribution in [3.63, 3.8) is 0 Å². The minimum atomic E-state index is 0.174. The zero-order valence-electron chi connectivity index (χ0n) is 10.8. The molecule has 0 aliphatic carbocycles. The summed E-state index contributed by atoms with van der Waals surface area (Å²) in [7, 11) is 0. The lowest BCUT2D eigenvalue weighted by Crippen LogP contribution is -2.24. The second-order valence-electron chi connectivity index (χ2n) is 5.38. The van der Waals surface area contributed by atoms with Crippen LogP contribution in [0.25, 0.3) is 5.69 Å². The Morgan fingerprint density at radius 3 is 2.50 bits per heavy atom. The number of tetrazole rings is 1. The van der Waals surface area contributed by atoms with Gasteiger partial charge in [0.05, 0.1) is 5.69 Å². The number of hydrogen-bond donors (Lipinski definition) is 0. The third-order valence-electron chi connectivity index (χ3n) is 2.84. The molecule has 2 rings (SSSR count). The first-order valence-corrected chi connectivity index (χ1v) is 6.87. The Hall–Kier alpha value is -1.23. The van der Waals surface area contributed by atoms with E-state index in [1.807, 2.05) is 30.3 Å². The largest absolute Gasteiger partial charge is 0.197 e. The van der Waals surface area contributed by atoms with Gasteiger partial charge < -0.3 is 0 Å². The highest BCUT2D eigenvalue weighted by Gasteiger charge is 2.24. The quantitative estimate of drug-likeness (QED) is 0.819. The maximum absolute atomic E-state index is 4.12. The molecule has 2 aromatic rings. The zero-order chi connectivity index (χ0) is 13.2. The fourth-order valence-electron chi connectivity index (χ4n) is 1.57. The number of aromatic nitrogens is 4. The fraction of sp³-hybridized carbons (Fsp3) is 0.462. The van der Waals surface area contributed by atoms with Crippen LogP contribution in [-0.4, -0.2) is 25.0 Å². The molecular formula is C13H17BrN4. The van der Waals surface area contributed by atoms with Crippen LogP contribution in [-0.2, 0) is 6.42 Å². The van der Waals surface area contributed by atoms with Crippen molar-refractivity contribution in [2.45, 2.75) is 32.0 Å². The summed E-state index contributed by atoms with van der Waals surface area (Å²) >= 11 is 3.72. The van der Waals surface area contributed by atoms with Gasteiger partial charge in [-0.3, -0.25) is 0 Å². The van der Waals surface area contributed by atoms with Gasteiger partial charge in [0.15, 0.2) is 5.82 Å². The third-order valence-corrected chi connectivity index (χ3v) is 4.53. The van der Waals surface area contributed by atoms with Gasteiger partial charge in [-0.25, -0.2) is 0 Å². The van der Waals surface area contributed by atoms with Gasteiger partial charge in [-0.05, 0) is 28.0 Å². The lowest BCUT2D eigenvalue weighted by Gasteiger charge is -2.24. The van der Waals surface area contributed by atoms with Crippen molar-refractivity contribution in [3.8, 4) is 5.69 Å². The Morgan fingerprint density at radius 2 is 1.89 bits per heavy atom. The van der Waals surface area contributed by atoms with Crippen LogP contribution in [0.4, 0.5) is 0 Å². The Kier molecular flexibility index (Phi) is 3.80. The maximum Gasteiger partial charge on any atom is 0.157 e. The number of rotatable bonds is 3. The molecule has 0 saturated carbocycles. The molecule has 0 spiro atoms. The number of benzene rings is 1. The highest BCUT2D eigenvalue weighted by Crippen LogP contribution is 2.28. The van der Waals surface area contributed by atoms with E-state index in [4.69, 9.17) is 0 Å². The summed E-state index contributed by atoms with van der Waals surface area (Å²) in [5, 5.41) is 11.9. The Morgan fingerprint density at radius 1 is 1.22 bits per heavy atom. The average Bonchev–Trinajstić information content (AvgIpc) is 2.77. The van der Waals surface area contributed by atoms with Crippen molar-refractivity contribution in [3.05, 3.63) is 36.2 Å². The molecule has 1 aromatic carbocycles. The summed E-state index contributed by atoms with van der Waals surface area (Å²) in [6, 6.07) is 9.95. The summed E-state index contributed by atoms with van der Waals surface area (Å²) in [6.07, 6.45) is 0.797. The molecule has 1 atom stereocenters. The van der Waals surface area contributed by atoms with Crippen molar-refractivity contribution in [2.75, 3.05) is 0 Å². The van der Waals surface area contributed by atoms with Crippen molar-refractivity contribution >= 4 is 15.9 Å². The minimum absolute atomic E-state index is 0.174. The molecule has 0 aliphatic rings. The lowest BCUT2D eigenvalue weighted by molar-refractivity contribution is 0.392. The molecule has 0 bridgehead atoms. The van der Waals surface area contributed by atoms with Crippen LogP contribution in [0.1, 0.15) is 26.6 Å². The SMILES string of the molecule is CC(C)(C)C(Br)Cc1nnnn1-c1ccccc1. The van der Waals surface area contributed by atoms with Gasteiger partial charge in [0.2, 0.25) is 0 Å².